The van der Waals surface area contributed by atoms with Crippen LogP contribution in [-0.2, 0) is 6.54 Å². The second-order valence-electron chi connectivity index (χ2n) is 4.95. The van der Waals surface area contributed by atoms with Crippen molar-refractivity contribution in [1.82, 2.24) is 10.3 Å². The molecule has 0 aliphatic carbocycles. The summed E-state index contributed by atoms with van der Waals surface area (Å²) in [5, 5.41) is 3.51. The molecule has 1 aromatic heterocycles. The minimum atomic E-state index is 0.330. The maximum atomic E-state index is 4.12. The molecular weight excluding hydrogens is 234 g/mol. The fourth-order valence-corrected chi connectivity index (χ4v) is 1.95. The lowest BCUT2D eigenvalue weighted by molar-refractivity contribution is 0.574. The van der Waals surface area contributed by atoms with Gasteiger partial charge < -0.3 is 10.2 Å². The molecule has 19 heavy (non-hydrogen) atoms. The third kappa shape index (κ3) is 3.80. The standard InChI is InChI=1S/C16H21N3/c1-13(18-12-14-5-4-10-17-11-14)15-6-8-16(9-7-15)19(2)3/h4-11,13,18H,12H2,1-3H3. The lowest BCUT2D eigenvalue weighted by atomic mass is 10.1. The van der Waals surface area contributed by atoms with Crippen molar-refractivity contribution in [3.8, 4) is 0 Å². The molecule has 2 rings (SSSR count). The Balaban J connectivity index is 1.94. The number of rotatable bonds is 5. The van der Waals surface area contributed by atoms with E-state index in [9.17, 15) is 0 Å². The monoisotopic (exact) mass is 255 g/mol. The Morgan fingerprint density at radius 1 is 1.16 bits per heavy atom. The normalized spacial score (nSPS) is 12.2. The van der Waals surface area contributed by atoms with Gasteiger partial charge in [0, 0.05) is 44.8 Å². The van der Waals surface area contributed by atoms with Crippen LogP contribution in [0, 0.1) is 0 Å². The molecule has 1 unspecified atom stereocenters. The molecule has 1 heterocycles. The molecule has 100 valence electrons. The Labute approximate surface area is 115 Å². The quantitative estimate of drug-likeness (QED) is 0.890. The summed E-state index contributed by atoms with van der Waals surface area (Å²) < 4.78 is 0. The first-order valence-corrected chi connectivity index (χ1v) is 6.56. The largest absolute Gasteiger partial charge is 0.378 e. The average Bonchev–Trinajstić information content (AvgIpc) is 2.46. The van der Waals surface area contributed by atoms with Crippen LogP contribution < -0.4 is 10.2 Å². The lowest BCUT2D eigenvalue weighted by Crippen LogP contribution is -2.18. The third-order valence-corrected chi connectivity index (χ3v) is 3.24. The summed E-state index contributed by atoms with van der Waals surface area (Å²) >= 11 is 0. The molecule has 0 aliphatic rings. The van der Waals surface area contributed by atoms with Crippen LogP contribution in [0.1, 0.15) is 24.1 Å². The van der Waals surface area contributed by atoms with Crippen molar-refractivity contribution in [2.45, 2.75) is 19.5 Å². The predicted octanol–water partition coefficient (Wildman–Crippen LogP) is 3.00. The number of aromatic nitrogens is 1. The highest BCUT2D eigenvalue weighted by atomic mass is 15.1. The van der Waals surface area contributed by atoms with E-state index >= 15 is 0 Å². The zero-order valence-electron chi connectivity index (χ0n) is 11.8. The van der Waals surface area contributed by atoms with E-state index in [-0.39, 0.29) is 0 Å². The van der Waals surface area contributed by atoms with Crippen molar-refractivity contribution in [2.24, 2.45) is 0 Å². The zero-order chi connectivity index (χ0) is 13.7. The molecule has 2 aromatic rings. The first kappa shape index (κ1) is 13.6. The van der Waals surface area contributed by atoms with E-state index in [0.717, 1.165) is 6.54 Å². The second-order valence-corrected chi connectivity index (χ2v) is 4.95. The van der Waals surface area contributed by atoms with Crippen LogP contribution in [0.15, 0.2) is 48.8 Å². The molecule has 0 radical (unpaired) electrons. The first-order valence-electron chi connectivity index (χ1n) is 6.56. The van der Waals surface area contributed by atoms with Crippen LogP contribution in [0.3, 0.4) is 0 Å². The Hall–Kier alpha value is -1.87. The van der Waals surface area contributed by atoms with Gasteiger partial charge in [0.25, 0.3) is 0 Å². The van der Waals surface area contributed by atoms with Gasteiger partial charge in [-0.1, -0.05) is 18.2 Å². The molecule has 1 aromatic carbocycles. The van der Waals surface area contributed by atoms with Crippen LogP contribution in [0.4, 0.5) is 5.69 Å². The fourth-order valence-electron chi connectivity index (χ4n) is 1.95. The maximum absolute atomic E-state index is 4.12. The highest BCUT2D eigenvalue weighted by molar-refractivity contribution is 5.46. The van der Waals surface area contributed by atoms with Gasteiger partial charge in [0.05, 0.1) is 0 Å². The number of nitrogens with zero attached hydrogens (tertiary/aromatic N) is 2. The minimum Gasteiger partial charge on any atom is -0.378 e. The first-order chi connectivity index (χ1) is 9.16. The van der Waals surface area contributed by atoms with E-state index < -0.39 is 0 Å². The van der Waals surface area contributed by atoms with Gasteiger partial charge in [-0.15, -0.1) is 0 Å². The Kier molecular flexibility index (Phi) is 4.53. The highest BCUT2D eigenvalue weighted by Gasteiger charge is 2.05. The molecule has 0 bridgehead atoms. The number of anilines is 1. The molecule has 0 saturated carbocycles. The van der Waals surface area contributed by atoms with Gasteiger partial charge in [-0.25, -0.2) is 0 Å². The van der Waals surface area contributed by atoms with E-state index in [4.69, 9.17) is 0 Å². The Bertz CT molecular complexity index is 491. The van der Waals surface area contributed by atoms with Gasteiger partial charge in [-0.05, 0) is 36.2 Å². The second kappa shape index (κ2) is 6.34. The van der Waals surface area contributed by atoms with E-state index in [1.54, 1.807) is 6.20 Å². The van der Waals surface area contributed by atoms with Gasteiger partial charge in [-0.3, -0.25) is 4.98 Å². The summed E-state index contributed by atoms with van der Waals surface area (Å²) in [6.45, 7) is 3.02. The summed E-state index contributed by atoms with van der Waals surface area (Å²) in [6.07, 6.45) is 3.70. The van der Waals surface area contributed by atoms with Crippen molar-refractivity contribution < 1.29 is 0 Å². The summed E-state index contributed by atoms with van der Waals surface area (Å²) in [5.41, 5.74) is 3.73. The van der Waals surface area contributed by atoms with Crippen molar-refractivity contribution in [3.63, 3.8) is 0 Å². The summed E-state index contributed by atoms with van der Waals surface area (Å²) in [7, 11) is 4.11. The van der Waals surface area contributed by atoms with Gasteiger partial charge in [0.1, 0.15) is 0 Å². The van der Waals surface area contributed by atoms with Crippen molar-refractivity contribution >= 4 is 5.69 Å². The number of nitrogens with one attached hydrogen (secondary N) is 1. The number of pyridine rings is 1. The molecule has 3 nitrogen and oxygen atoms in total. The van der Waals surface area contributed by atoms with E-state index in [2.05, 4.69) is 66.6 Å². The summed E-state index contributed by atoms with van der Waals surface area (Å²) in [4.78, 5) is 6.23. The van der Waals surface area contributed by atoms with E-state index in [1.165, 1.54) is 16.8 Å². The van der Waals surface area contributed by atoms with Crippen LogP contribution in [0.5, 0.6) is 0 Å². The van der Waals surface area contributed by atoms with Crippen molar-refractivity contribution in [3.05, 3.63) is 59.9 Å². The molecule has 1 N–H and O–H groups in total. The zero-order valence-corrected chi connectivity index (χ0v) is 11.8. The average molecular weight is 255 g/mol. The number of hydrogen-bond donors (Lipinski definition) is 1. The maximum Gasteiger partial charge on any atom is 0.0361 e. The Morgan fingerprint density at radius 3 is 2.47 bits per heavy atom. The van der Waals surface area contributed by atoms with Gasteiger partial charge in [0.2, 0.25) is 0 Å². The molecule has 0 spiro atoms. The predicted molar refractivity (Wildman–Crippen MR) is 80.3 cm³/mol. The van der Waals surface area contributed by atoms with Gasteiger partial charge in [-0.2, -0.15) is 0 Å². The SMILES string of the molecule is CC(NCc1cccnc1)c1ccc(N(C)C)cc1. The van der Waals surface area contributed by atoms with Crippen LogP contribution in [0.2, 0.25) is 0 Å². The van der Waals surface area contributed by atoms with E-state index in [0.29, 0.717) is 6.04 Å². The van der Waals surface area contributed by atoms with Crippen molar-refractivity contribution in [1.29, 1.82) is 0 Å². The van der Waals surface area contributed by atoms with Crippen molar-refractivity contribution in [2.75, 3.05) is 19.0 Å². The summed E-state index contributed by atoms with van der Waals surface area (Å²) in [6, 6.07) is 13.0. The minimum absolute atomic E-state index is 0.330. The van der Waals surface area contributed by atoms with Crippen LogP contribution >= 0.6 is 0 Å². The topological polar surface area (TPSA) is 28.2 Å². The fraction of sp³-hybridized carbons (Fsp3) is 0.312. The molecule has 3 heteroatoms. The number of hydrogen-bond acceptors (Lipinski definition) is 3. The smallest absolute Gasteiger partial charge is 0.0361 e. The molecule has 0 aliphatic heterocycles. The van der Waals surface area contributed by atoms with Gasteiger partial charge >= 0.3 is 0 Å². The Morgan fingerprint density at radius 2 is 1.89 bits per heavy atom. The van der Waals surface area contributed by atoms with E-state index in [1.807, 2.05) is 12.3 Å². The van der Waals surface area contributed by atoms with Crippen LogP contribution in [0.25, 0.3) is 0 Å². The number of benzene rings is 1. The highest BCUT2D eigenvalue weighted by Crippen LogP contribution is 2.17. The molecule has 0 amide bonds. The summed E-state index contributed by atoms with van der Waals surface area (Å²) in [5.74, 6) is 0. The molecule has 1 atom stereocenters. The molecule has 0 fully saturated rings. The van der Waals surface area contributed by atoms with Gasteiger partial charge in [0.15, 0.2) is 0 Å². The lowest BCUT2D eigenvalue weighted by Gasteiger charge is -2.17. The van der Waals surface area contributed by atoms with Crippen LogP contribution in [-0.4, -0.2) is 19.1 Å². The third-order valence-electron chi connectivity index (χ3n) is 3.24. The molecule has 0 saturated heterocycles. The molecular formula is C16H21N3.